The van der Waals surface area contributed by atoms with Crippen molar-refractivity contribution in [1.82, 2.24) is 5.32 Å². The first-order valence-corrected chi connectivity index (χ1v) is 3.16. The topological polar surface area (TPSA) is 78.8 Å². The molecule has 0 bridgehead atoms. The number of aliphatic hydroxyl groups is 1. The molecule has 0 aliphatic heterocycles. The number of alkyl halides is 3. The summed E-state index contributed by atoms with van der Waals surface area (Å²) in [7, 11) is 0. The highest BCUT2D eigenvalue weighted by Gasteiger charge is 2.30. The van der Waals surface area contributed by atoms with E-state index in [1.165, 1.54) is 0 Å². The summed E-state index contributed by atoms with van der Waals surface area (Å²) in [5, 5.41) is 18.1. The molecule has 78 valence electrons. The lowest BCUT2D eigenvalue weighted by Gasteiger charge is -2.15. The average molecular weight is 203 g/mol. The smallest absolute Gasteiger partial charge is 0.465 e. The maximum atomic E-state index is 11.4. The summed E-state index contributed by atoms with van der Waals surface area (Å²) < 4.78 is 37.5. The van der Waals surface area contributed by atoms with Crippen molar-refractivity contribution in [1.29, 1.82) is 0 Å². The zero-order valence-corrected chi connectivity index (χ0v) is 6.34. The molecule has 0 rings (SSSR count). The molecule has 8 heteroatoms. The van der Waals surface area contributed by atoms with Crippen molar-refractivity contribution in [3.8, 4) is 0 Å². The normalized spacial score (nSPS) is 13.8. The van der Waals surface area contributed by atoms with E-state index in [1.54, 1.807) is 5.32 Å². The number of hydrogen-bond donors (Lipinski definition) is 3. The maximum absolute atomic E-state index is 11.4. The van der Waals surface area contributed by atoms with Crippen LogP contribution in [0.25, 0.3) is 0 Å². The minimum atomic E-state index is -4.83. The first kappa shape index (κ1) is 12.0. The van der Waals surface area contributed by atoms with Crippen molar-refractivity contribution < 1.29 is 32.9 Å². The number of carbonyl (C=O) groups is 1. The summed E-state index contributed by atoms with van der Waals surface area (Å²) in [6.07, 6.45) is -6.35. The van der Waals surface area contributed by atoms with Crippen LogP contribution < -0.4 is 5.32 Å². The number of rotatable bonds is 4. The Morgan fingerprint density at radius 1 is 1.54 bits per heavy atom. The first-order chi connectivity index (χ1) is 5.85. The molecule has 0 aromatic carbocycles. The third-order valence-corrected chi connectivity index (χ3v) is 0.996. The molecule has 1 unspecified atom stereocenters. The van der Waals surface area contributed by atoms with Gasteiger partial charge in [-0.1, -0.05) is 0 Å². The van der Waals surface area contributed by atoms with Gasteiger partial charge in [-0.15, -0.1) is 13.2 Å². The van der Waals surface area contributed by atoms with Crippen molar-refractivity contribution in [3.05, 3.63) is 0 Å². The summed E-state index contributed by atoms with van der Waals surface area (Å²) in [4.78, 5) is 9.93. The van der Waals surface area contributed by atoms with Gasteiger partial charge in [0.05, 0.1) is 19.3 Å². The van der Waals surface area contributed by atoms with Gasteiger partial charge in [-0.3, -0.25) is 4.74 Å². The monoisotopic (exact) mass is 203 g/mol. The van der Waals surface area contributed by atoms with Gasteiger partial charge in [-0.25, -0.2) is 4.79 Å². The number of ether oxygens (including phenoxy) is 1. The molecular formula is C5H8F3NO4. The van der Waals surface area contributed by atoms with Gasteiger partial charge in [0.2, 0.25) is 0 Å². The van der Waals surface area contributed by atoms with Crippen LogP contribution in [0.2, 0.25) is 0 Å². The minimum absolute atomic E-state index is 0.762. The van der Waals surface area contributed by atoms with Crippen LogP contribution in [0.5, 0.6) is 0 Å². The molecule has 13 heavy (non-hydrogen) atoms. The van der Waals surface area contributed by atoms with Crippen LogP contribution in [0.4, 0.5) is 18.0 Å². The Hall–Kier alpha value is -1.02. The van der Waals surface area contributed by atoms with Gasteiger partial charge in [-0.2, -0.15) is 0 Å². The van der Waals surface area contributed by atoms with E-state index in [-0.39, 0.29) is 0 Å². The summed E-state index contributed by atoms with van der Waals surface area (Å²) in [5.41, 5.74) is 0. The fraction of sp³-hybridized carbons (Fsp3) is 0.800. The molecule has 0 saturated carbocycles. The van der Waals surface area contributed by atoms with E-state index in [2.05, 4.69) is 4.74 Å². The predicted molar refractivity (Wildman–Crippen MR) is 34.0 cm³/mol. The van der Waals surface area contributed by atoms with Crippen LogP contribution in [0, 0.1) is 0 Å². The second-order valence-corrected chi connectivity index (χ2v) is 2.09. The van der Waals surface area contributed by atoms with E-state index in [9.17, 15) is 18.0 Å². The van der Waals surface area contributed by atoms with E-state index in [0.29, 0.717) is 0 Å². The summed E-state index contributed by atoms with van der Waals surface area (Å²) >= 11 is 0. The van der Waals surface area contributed by atoms with E-state index in [1.807, 2.05) is 0 Å². The highest BCUT2D eigenvalue weighted by atomic mass is 19.4. The van der Waals surface area contributed by atoms with Crippen molar-refractivity contribution >= 4 is 6.09 Å². The van der Waals surface area contributed by atoms with E-state index in [4.69, 9.17) is 10.2 Å². The lowest BCUT2D eigenvalue weighted by atomic mass is 10.3. The quantitative estimate of drug-likeness (QED) is 0.607. The van der Waals surface area contributed by atoms with Crippen molar-refractivity contribution in [3.63, 3.8) is 0 Å². The Morgan fingerprint density at radius 3 is 2.38 bits per heavy atom. The van der Waals surface area contributed by atoms with Crippen LogP contribution >= 0.6 is 0 Å². The Morgan fingerprint density at radius 2 is 2.08 bits per heavy atom. The fourth-order valence-corrected chi connectivity index (χ4v) is 0.510. The molecule has 3 N–H and O–H groups in total. The average Bonchev–Trinajstić information content (AvgIpc) is 1.95. The molecule has 0 radical (unpaired) electrons. The van der Waals surface area contributed by atoms with Crippen LogP contribution in [0.3, 0.4) is 0 Å². The number of carboxylic acid groups (broad SMARTS) is 1. The molecule has 0 aliphatic carbocycles. The maximum Gasteiger partial charge on any atom is 0.522 e. The molecule has 5 nitrogen and oxygen atoms in total. The molecule has 0 aliphatic rings. The van der Waals surface area contributed by atoms with E-state index < -0.39 is 31.7 Å². The lowest BCUT2D eigenvalue weighted by molar-refractivity contribution is -0.326. The molecule has 0 saturated heterocycles. The SMILES string of the molecule is O=C(O)NC(CO)COC(F)(F)F. The van der Waals surface area contributed by atoms with Gasteiger partial charge in [0.1, 0.15) is 0 Å². The van der Waals surface area contributed by atoms with Crippen molar-refractivity contribution in [2.24, 2.45) is 0 Å². The van der Waals surface area contributed by atoms with Crippen molar-refractivity contribution in [2.75, 3.05) is 13.2 Å². The molecule has 0 heterocycles. The predicted octanol–water partition coefficient (Wildman–Crippen LogP) is 0.151. The fourth-order valence-electron chi connectivity index (χ4n) is 0.510. The molecule has 0 aromatic rings. The zero-order valence-electron chi connectivity index (χ0n) is 6.34. The van der Waals surface area contributed by atoms with Gasteiger partial charge < -0.3 is 15.5 Å². The van der Waals surface area contributed by atoms with Gasteiger partial charge >= 0.3 is 12.5 Å². The number of nitrogens with one attached hydrogen (secondary N) is 1. The second-order valence-electron chi connectivity index (χ2n) is 2.09. The number of aliphatic hydroxyl groups excluding tert-OH is 1. The Balaban J connectivity index is 3.79. The number of amides is 1. The highest BCUT2D eigenvalue weighted by molar-refractivity contribution is 5.64. The zero-order chi connectivity index (χ0) is 10.5. The molecule has 0 aromatic heterocycles. The first-order valence-electron chi connectivity index (χ1n) is 3.16. The number of hydrogen-bond acceptors (Lipinski definition) is 3. The van der Waals surface area contributed by atoms with Gasteiger partial charge in [0.25, 0.3) is 0 Å². The van der Waals surface area contributed by atoms with Crippen LogP contribution in [-0.4, -0.2) is 41.9 Å². The van der Waals surface area contributed by atoms with Crippen LogP contribution in [0.1, 0.15) is 0 Å². The van der Waals surface area contributed by atoms with Crippen LogP contribution in [0.15, 0.2) is 0 Å². The third-order valence-electron chi connectivity index (χ3n) is 0.996. The Bertz CT molecular complexity index is 172. The summed E-state index contributed by atoms with van der Waals surface area (Å²) in [6, 6.07) is -1.28. The third kappa shape index (κ3) is 7.34. The minimum Gasteiger partial charge on any atom is -0.465 e. The van der Waals surface area contributed by atoms with Crippen LogP contribution in [-0.2, 0) is 4.74 Å². The van der Waals surface area contributed by atoms with Gasteiger partial charge in [-0.05, 0) is 0 Å². The Labute approximate surface area is 71.1 Å². The molecule has 0 fully saturated rings. The Kier molecular flexibility index (Phi) is 4.49. The summed E-state index contributed by atoms with van der Waals surface area (Å²) in [6.45, 7) is -1.71. The van der Waals surface area contributed by atoms with E-state index in [0.717, 1.165) is 0 Å². The van der Waals surface area contributed by atoms with Gasteiger partial charge in [0.15, 0.2) is 0 Å². The second kappa shape index (κ2) is 4.87. The lowest BCUT2D eigenvalue weighted by Crippen LogP contribution is -2.41. The van der Waals surface area contributed by atoms with E-state index >= 15 is 0 Å². The molecular weight excluding hydrogens is 195 g/mol. The molecule has 0 spiro atoms. The summed E-state index contributed by atoms with van der Waals surface area (Å²) in [5.74, 6) is 0. The molecule has 1 atom stereocenters. The van der Waals surface area contributed by atoms with Crippen molar-refractivity contribution in [2.45, 2.75) is 12.4 Å². The highest BCUT2D eigenvalue weighted by Crippen LogP contribution is 2.15. The largest absolute Gasteiger partial charge is 0.522 e. The molecule has 1 amide bonds. The standard InChI is InChI=1S/C5H8F3NO4/c6-5(7,8)13-2-3(1-10)9-4(11)12/h3,9-10H,1-2H2,(H,11,12). The number of halogens is 3. The van der Waals surface area contributed by atoms with Gasteiger partial charge in [0, 0.05) is 0 Å².